The predicted octanol–water partition coefficient (Wildman–Crippen LogP) is 3.57. The summed E-state index contributed by atoms with van der Waals surface area (Å²) in [5.41, 5.74) is 5.75. The van der Waals surface area contributed by atoms with Crippen molar-refractivity contribution in [2.45, 2.75) is 78.7 Å². The van der Waals surface area contributed by atoms with Gasteiger partial charge in [0.25, 0.3) is 0 Å². The summed E-state index contributed by atoms with van der Waals surface area (Å²) in [5.74, 6) is 0.485. The highest BCUT2D eigenvalue weighted by Crippen LogP contribution is 2.13. The molecule has 0 heterocycles. The number of hydrogen-bond donors (Lipinski definition) is 1. The zero-order chi connectivity index (χ0) is 14.7. The first-order valence-electron chi connectivity index (χ1n) is 8.07. The summed E-state index contributed by atoms with van der Waals surface area (Å²) in [4.78, 5) is 14.5. The average Bonchev–Trinajstić information content (AvgIpc) is 2.37. The minimum Gasteiger partial charge on any atom is -0.342 e. The molecule has 0 spiro atoms. The molecule has 0 aromatic carbocycles. The van der Waals surface area contributed by atoms with Gasteiger partial charge in [-0.2, -0.15) is 0 Å². The van der Waals surface area contributed by atoms with Crippen molar-refractivity contribution in [1.82, 2.24) is 4.90 Å². The SMILES string of the molecule is CCCCN(CCCC)C(=O)C(C)CCCC(C)N. The number of carbonyl (C=O) groups is 1. The van der Waals surface area contributed by atoms with E-state index >= 15 is 0 Å². The van der Waals surface area contributed by atoms with Gasteiger partial charge in [0.05, 0.1) is 0 Å². The number of hydrogen-bond acceptors (Lipinski definition) is 2. The van der Waals surface area contributed by atoms with E-state index in [4.69, 9.17) is 5.73 Å². The fourth-order valence-electron chi connectivity index (χ4n) is 2.21. The maximum Gasteiger partial charge on any atom is 0.225 e. The highest BCUT2D eigenvalue weighted by Gasteiger charge is 2.19. The zero-order valence-corrected chi connectivity index (χ0v) is 13.5. The molecule has 0 aliphatic rings. The molecule has 0 aliphatic carbocycles. The lowest BCUT2D eigenvalue weighted by Crippen LogP contribution is -2.36. The van der Waals surface area contributed by atoms with Gasteiger partial charge >= 0.3 is 0 Å². The van der Waals surface area contributed by atoms with Crippen molar-refractivity contribution in [2.75, 3.05) is 13.1 Å². The summed E-state index contributed by atoms with van der Waals surface area (Å²) < 4.78 is 0. The van der Waals surface area contributed by atoms with Crippen LogP contribution in [0.4, 0.5) is 0 Å². The van der Waals surface area contributed by atoms with Gasteiger partial charge in [0, 0.05) is 25.0 Å². The van der Waals surface area contributed by atoms with Gasteiger partial charge in [-0.15, -0.1) is 0 Å². The highest BCUT2D eigenvalue weighted by atomic mass is 16.2. The van der Waals surface area contributed by atoms with E-state index in [1.807, 2.05) is 6.92 Å². The summed E-state index contributed by atoms with van der Waals surface area (Å²) in [7, 11) is 0. The van der Waals surface area contributed by atoms with Crippen LogP contribution in [0.1, 0.15) is 72.6 Å². The number of amides is 1. The lowest BCUT2D eigenvalue weighted by atomic mass is 10.0. The third-order valence-electron chi connectivity index (χ3n) is 3.59. The van der Waals surface area contributed by atoms with Crippen LogP contribution in [-0.2, 0) is 4.79 Å². The van der Waals surface area contributed by atoms with E-state index < -0.39 is 0 Å². The molecule has 3 nitrogen and oxygen atoms in total. The number of unbranched alkanes of at least 4 members (excludes halogenated alkanes) is 2. The van der Waals surface area contributed by atoms with E-state index in [9.17, 15) is 4.79 Å². The monoisotopic (exact) mass is 270 g/mol. The van der Waals surface area contributed by atoms with Crippen LogP contribution in [0.15, 0.2) is 0 Å². The first-order chi connectivity index (χ1) is 9.02. The molecule has 0 bridgehead atoms. The molecule has 2 atom stereocenters. The van der Waals surface area contributed by atoms with Gasteiger partial charge in [0.2, 0.25) is 5.91 Å². The standard InChI is InChI=1S/C16H34N2O/c1-5-7-12-18(13-8-6-2)16(19)14(3)10-9-11-15(4)17/h14-15H,5-13,17H2,1-4H3. The fourth-order valence-corrected chi connectivity index (χ4v) is 2.21. The van der Waals surface area contributed by atoms with Crippen molar-refractivity contribution in [3.63, 3.8) is 0 Å². The molecule has 0 aromatic heterocycles. The Hall–Kier alpha value is -0.570. The maximum atomic E-state index is 12.4. The van der Waals surface area contributed by atoms with Gasteiger partial charge in [-0.05, 0) is 32.6 Å². The summed E-state index contributed by atoms with van der Waals surface area (Å²) in [6.45, 7) is 10.3. The summed E-state index contributed by atoms with van der Waals surface area (Å²) in [5, 5.41) is 0. The summed E-state index contributed by atoms with van der Waals surface area (Å²) in [6, 6.07) is 0.249. The van der Waals surface area contributed by atoms with E-state index in [-0.39, 0.29) is 12.0 Å². The minimum atomic E-state index is 0.146. The van der Waals surface area contributed by atoms with Crippen molar-refractivity contribution in [3.05, 3.63) is 0 Å². The maximum absolute atomic E-state index is 12.4. The van der Waals surface area contributed by atoms with Gasteiger partial charge in [-0.1, -0.05) is 40.0 Å². The first-order valence-corrected chi connectivity index (χ1v) is 8.07. The zero-order valence-electron chi connectivity index (χ0n) is 13.5. The smallest absolute Gasteiger partial charge is 0.225 e. The first kappa shape index (κ1) is 18.4. The van der Waals surface area contributed by atoms with Gasteiger partial charge in [-0.3, -0.25) is 4.79 Å². The number of nitrogens with zero attached hydrogens (tertiary/aromatic N) is 1. The molecule has 0 fully saturated rings. The molecule has 1 amide bonds. The summed E-state index contributed by atoms with van der Waals surface area (Å²) >= 11 is 0. The Morgan fingerprint density at radius 1 is 1.00 bits per heavy atom. The molecule has 0 rings (SSSR count). The molecule has 0 radical (unpaired) electrons. The van der Waals surface area contributed by atoms with Gasteiger partial charge in [0.1, 0.15) is 0 Å². The Bertz CT molecular complexity index is 221. The van der Waals surface area contributed by atoms with Crippen LogP contribution in [0.5, 0.6) is 0 Å². The Morgan fingerprint density at radius 2 is 1.53 bits per heavy atom. The average molecular weight is 270 g/mol. The van der Waals surface area contributed by atoms with Crippen molar-refractivity contribution >= 4 is 5.91 Å². The molecular weight excluding hydrogens is 236 g/mol. The molecule has 0 saturated carbocycles. The third kappa shape index (κ3) is 9.04. The van der Waals surface area contributed by atoms with Crippen molar-refractivity contribution in [2.24, 2.45) is 11.7 Å². The Morgan fingerprint density at radius 3 is 1.95 bits per heavy atom. The highest BCUT2D eigenvalue weighted by molar-refractivity contribution is 5.78. The van der Waals surface area contributed by atoms with Gasteiger partial charge in [0.15, 0.2) is 0 Å². The van der Waals surface area contributed by atoms with Crippen LogP contribution >= 0.6 is 0 Å². The second-order valence-electron chi connectivity index (χ2n) is 5.84. The third-order valence-corrected chi connectivity index (χ3v) is 3.59. The normalized spacial score (nSPS) is 14.2. The Balaban J connectivity index is 4.17. The molecular formula is C16H34N2O. The molecule has 3 heteroatoms. The molecule has 2 N–H and O–H groups in total. The predicted molar refractivity (Wildman–Crippen MR) is 83.1 cm³/mol. The van der Waals surface area contributed by atoms with Crippen LogP contribution in [0.2, 0.25) is 0 Å². The van der Waals surface area contributed by atoms with Crippen LogP contribution in [0.25, 0.3) is 0 Å². The second-order valence-corrected chi connectivity index (χ2v) is 5.84. The molecule has 2 unspecified atom stereocenters. The van der Waals surface area contributed by atoms with E-state index in [0.29, 0.717) is 5.91 Å². The van der Waals surface area contributed by atoms with Gasteiger partial charge < -0.3 is 10.6 Å². The van der Waals surface area contributed by atoms with E-state index in [1.54, 1.807) is 0 Å². The van der Waals surface area contributed by atoms with Crippen molar-refractivity contribution in [3.8, 4) is 0 Å². The largest absolute Gasteiger partial charge is 0.342 e. The van der Waals surface area contributed by atoms with Crippen molar-refractivity contribution < 1.29 is 4.79 Å². The van der Waals surface area contributed by atoms with Crippen LogP contribution in [-0.4, -0.2) is 29.9 Å². The molecule has 114 valence electrons. The van der Waals surface area contributed by atoms with Gasteiger partial charge in [-0.25, -0.2) is 0 Å². The minimum absolute atomic E-state index is 0.146. The number of nitrogens with two attached hydrogens (primary N) is 1. The molecule has 0 aliphatic heterocycles. The quantitative estimate of drug-likeness (QED) is 0.624. The van der Waals surface area contributed by atoms with Crippen molar-refractivity contribution in [1.29, 1.82) is 0 Å². The van der Waals surface area contributed by atoms with E-state index in [1.165, 1.54) is 0 Å². The molecule has 19 heavy (non-hydrogen) atoms. The lowest BCUT2D eigenvalue weighted by Gasteiger charge is -2.26. The Kier molecular flexibility index (Phi) is 10.9. The lowest BCUT2D eigenvalue weighted by molar-refractivity contribution is -0.135. The second kappa shape index (κ2) is 11.3. The van der Waals surface area contributed by atoms with E-state index in [2.05, 4.69) is 25.7 Å². The van der Waals surface area contributed by atoms with E-state index in [0.717, 1.165) is 58.0 Å². The summed E-state index contributed by atoms with van der Waals surface area (Å²) in [6.07, 6.45) is 7.56. The molecule has 0 aromatic rings. The molecule has 0 saturated heterocycles. The van der Waals surface area contributed by atoms with Crippen LogP contribution in [0, 0.1) is 5.92 Å². The Labute approximate surface area is 119 Å². The van der Waals surface area contributed by atoms with Crippen LogP contribution in [0.3, 0.4) is 0 Å². The fraction of sp³-hybridized carbons (Fsp3) is 0.938. The topological polar surface area (TPSA) is 46.3 Å². The van der Waals surface area contributed by atoms with Crippen LogP contribution < -0.4 is 5.73 Å². The number of carbonyl (C=O) groups excluding carboxylic acids is 1. The number of rotatable bonds is 11.